The van der Waals surface area contributed by atoms with Gasteiger partial charge in [0.2, 0.25) is 0 Å². The minimum absolute atomic E-state index is 0.728. The van der Waals surface area contributed by atoms with Crippen molar-refractivity contribution >= 4 is 49.7 Å². The summed E-state index contributed by atoms with van der Waals surface area (Å²) in [6.45, 7) is 0. The van der Waals surface area contributed by atoms with Crippen molar-refractivity contribution in [1.82, 2.24) is 0 Å². The van der Waals surface area contributed by atoms with Crippen molar-refractivity contribution in [2.24, 2.45) is 0 Å². The van der Waals surface area contributed by atoms with Crippen molar-refractivity contribution in [2.75, 3.05) is 5.73 Å². The van der Waals surface area contributed by atoms with E-state index in [1.807, 2.05) is 17.5 Å². The van der Waals surface area contributed by atoms with Crippen LogP contribution in [-0.2, 0) is 0 Å². The van der Waals surface area contributed by atoms with E-state index < -0.39 is 0 Å². The summed E-state index contributed by atoms with van der Waals surface area (Å²) in [6, 6.07) is 5.98. The van der Waals surface area contributed by atoms with Gasteiger partial charge in [0.05, 0.1) is 16.0 Å². The third-order valence-electron chi connectivity index (χ3n) is 1.83. The quantitative estimate of drug-likeness (QED) is 0.600. The molecule has 2 rings (SSSR count). The Morgan fingerprint density at radius 3 is 3.00 bits per heavy atom. The largest absolute Gasteiger partial charge is 0.398 e. The molecule has 13 heavy (non-hydrogen) atoms. The third kappa shape index (κ3) is 1.28. The fourth-order valence-electron chi connectivity index (χ4n) is 1.25. The molecule has 1 aromatic carbocycles. The molecular formula is C9H5IN2S. The zero-order chi connectivity index (χ0) is 9.42. The van der Waals surface area contributed by atoms with Crippen LogP contribution in [0.4, 0.5) is 5.69 Å². The molecule has 64 valence electrons. The molecule has 1 aromatic heterocycles. The van der Waals surface area contributed by atoms with Gasteiger partial charge in [-0.3, -0.25) is 0 Å². The third-order valence-corrected chi connectivity index (χ3v) is 3.64. The van der Waals surface area contributed by atoms with Gasteiger partial charge in [0.15, 0.2) is 0 Å². The summed E-state index contributed by atoms with van der Waals surface area (Å²) in [5, 5.41) is 11.9. The molecule has 0 aliphatic rings. The van der Waals surface area contributed by atoms with Crippen LogP contribution in [0, 0.1) is 14.9 Å². The van der Waals surface area contributed by atoms with E-state index in [1.54, 1.807) is 11.3 Å². The Hall–Kier alpha value is -0.800. The van der Waals surface area contributed by atoms with Crippen molar-refractivity contribution in [1.29, 1.82) is 5.26 Å². The summed E-state index contributed by atoms with van der Waals surface area (Å²) in [5.74, 6) is 0. The lowest BCUT2D eigenvalue weighted by Gasteiger charge is -2.00. The van der Waals surface area contributed by atoms with Crippen LogP contribution >= 0.6 is 33.9 Å². The molecular weight excluding hydrogens is 295 g/mol. The molecule has 0 amide bonds. The van der Waals surface area contributed by atoms with Crippen LogP contribution in [0.2, 0.25) is 0 Å². The predicted octanol–water partition coefficient (Wildman–Crippen LogP) is 2.96. The molecule has 0 unspecified atom stereocenters. The SMILES string of the molecule is N#Cc1c(I)cc(N)c2sccc12. The Labute approximate surface area is 93.1 Å². The zero-order valence-electron chi connectivity index (χ0n) is 6.54. The van der Waals surface area contributed by atoms with Gasteiger partial charge < -0.3 is 5.73 Å². The lowest BCUT2D eigenvalue weighted by molar-refractivity contribution is 1.49. The van der Waals surface area contributed by atoms with Crippen LogP contribution in [0.15, 0.2) is 17.5 Å². The van der Waals surface area contributed by atoms with Crippen LogP contribution in [0.5, 0.6) is 0 Å². The summed E-state index contributed by atoms with van der Waals surface area (Å²) < 4.78 is 1.93. The van der Waals surface area contributed by atoms with Crippen LogP contribution in [-0.4, -0.2) is 0 Å². The number of fused-ring (bicyclic) bond motifs is 1. The van der Waals surface area contributed by atoms with Crippen molar-refractivity contribution in [3.05, 3.63) is 26.6 Å². The molecule has 0 saturated heterocycles. The van der Waals surface area contributed by atoms with Gasteiger partial charge in [-0.2, -0.15) is 5.26 Å². The number of nitrogens with two attached hydrogens (primary N) is 1. The number of nitriles is 1. The van der Waals surface area contributed by atoms with Gasteiger partial charge in [-0.15, -0.1) is 11.3 Å². The van der Waals surface area contributed by atoms with Crippen LogP contribution < -0.4 is 5.73 Å². The number of rotatable bonds is 0. The van der Waals surface area contributed by atoms with Gasteiger partial charge >= 0.3 is 0 Å². The fraction of sp³-hybridized carbons (Fsp3) is 0. The maximum absolute atomic E-state index is 8.93. The van der Waals surface area contributed by atoms with Crippen molar-refractivity contribution in [2.45, 2.75) is 0 Å². The van der Waals surface area contributed by atoms with Gasteiger partial charge in [0, 0.05) is 8.96 Å². The molecule has 2 aromatic rings. The van der Waals surface area contributed by atoms with E-state index in [4.69, 9.17) is 11.0 Å². The Balaban J connectivity index is 2.99. The topological polar surface area (TPSA) is 49.8 Å². The average molecular weight is 300 g/mol. The molecule has 0 atom stereocenters. The van der Waals surface area contributed by atoms with E-state index in [1.165, 1.54) is 0 Å². The summed E-state index contributed by atoms with van der Waals surface area (Å²) >= 11 is 3.71. The summed E-state index contributed by atoms with van der Waals surface area (Å²) in [6.07, 6.45) is 0. The first-order chi connectivity index (χ1) is 6.24. The summed E-state index contributed by atoms with van der Waals surface area (Å²) in [4.78, 5) is 0. The molecule has 0 spiro atoms. The standard InChI is InChI=1S/C9H5IN2S/c10-7-3-8(12)9-5(1-2-13-9)6(7)4-11/h1-3H,12H2. The van der Waals surface area contributed by atoms with E-state index in [2.05, 4.69) is 28.7 Å². The first kappa shape index (κ1) is 8.78. The molecule has 1 heterocycles. The Morgan fingerprint density at radius 1 is 1.54 bits per heavy atom. The number of halogens is 1. The minimum atomic E-state index is 0.728. The number of thiophene rings is 1. The highest BCUT2D eigenvalue weighted by Crippen LogP contribution is 2.32. The second-order valence-electron chi connectivity index (χ2n) is 2.60. The van der Waals surface area contributed by atoms with Gasteiger partial charge in [0.1, 0.15) is 6.07 Å². The van der Waals surface area contributed by atoms with Crippen LogP contribution in [0.1, 0.15) is 5.56 Å². The number of nitrogen functional groups attached to an aromatic ring is 1. The van der Waals surface area contributed by atoms with Crippen molar-refractivity contribution in [3.63, 3.8) is 0 Å². The second kappa shape index (κ2) is 3.16. The molecule has 0 fully saturated rings. The van der Waals surface area contributed by atoms with Gasteiger partial charge in [-0.25, -0.2) is 0 Å². The maximum atomic E-state index is 8.93. The van der Waals surface area contributed by atoms with Crippen molar-refractivity contribution in [3.8, 4) is 6.07 Å². The smallest absolute Gasteiger partial charge is 0.101 e. The van der Waals surface area contributed by atoms with E-state index >= 15 is 0 Å². The molecule has 0 aliphatic carbocycles. The van der Waals surface area contributed by atoms with Crippen LogP contribution in [0.25, 0.3) is 10.1 Å². The molecule has 2 nitrogen and oxygen atoms in total. The predicted molar refractivity (Wildman–Crippen MR) is 63.7 cm³/mol. The molecule has 0 bridgehead atoms. The number of anilines is 1. The van der Waals surface area contributed by atoms with E-state index in [0.717, 1.165) is 24.9 Å². The van der Waals surface area contributed by atoms with E-state index in [-0.39, 0.29) is 0 Å². The first-order valence-electron chi connectivity index (χ1n) is 3.59. The lowest BCUT2D eigenvalue weighted by atomic mass is 10.1. The van der Waals surface area contributed by atoms with E-state index in [0.29, 0.717) is 0 Å². The highest BCUT2D eigenvalue weighted by molar-refractivity contribution is 14.1. The molecule has 0 aliphatic heterocycles. The maximum Gasteiger partial charge on any atom is 0.101 e. The molecule has 4 heteroatoms. The van der Waals surface area contributed by atoms with Crippen LogP contribution in [0.3, 0.4) is 0 Å². The van der Waals surface area contributed by atoms with Gasteiger partial charge in [-0.05, 0) is 40.1 Å². The summed E-state index contributed by atoms with van der Waals surface area (Å²) in [7, 11) is 0. The minimum Gasteiger partial charge on any atom is -0.398 e. The Morgan fingerprint density at radius 2 is 2.31 bits per heavy atom. The Bertz CT molecular complexity index is 510. The fourth-order valence-corrected chi connectivity index (χ4v) is 2.83. The highest BCUT2D eigenvalue weighted by Gasteiger charge is 2.08. The average Bonchev–Trinajstić information content (AvgIpc) is 2.53. The highest BCUT2D eigenvalue weighted by atomic mass is 127. The number of nitrogens with zero attached hydrogens (tertiary/aromatic N) is 1. The van der Waals surface area contributed by atoms with E-state index in [9.17, 15) is 0 Å². The number of hydrogen-bond donors (Lipinski definition) is 1. The van der Waals surface area contributed by atoms with Gasteiger partial charge in [0.25, 0.3) is 0 Å². The first-order valence-corrected chi connectivity index (χ1v) is 5.55. The monoisotopic (exact) mass is 300 g/mol. The molecule has 0 radical (unpaired) electrons. The number of benzene rings is 1. The molecule has 0 saturated carbocycles. The summed E-state index contributed by atoms with van der Waals surface area (Å²) in [5.41, 5.74) is 7.31. The Kier molecular flexibility index (Phi) is 2.14. The lowest BCUT2D eigenvalue weighted by Crippen LogP contribution is -1.89. The number of hydrogen-bond acceptors (Lipinski definition) is 3. The molecule has 2 N–H and O–H groups in total. The second-order valence-corrected chi connectivity index (χ2v) is 4.68. The van der Waals surface area contributed by atoms with Gasteiger partial charge in [-0.1, -0.05) is 0 Å². The normalized spacial score (nSPS) is 10.2. The van der Waals surface area contributed by atoms with Crippen molar-refractivity contribution < 1.29 is 0 Å². The zero-order valence-corrected chi connectivity index (χ0v) is 9.52.